The minimum atomic E-state index is -0.556. The van der Waals surface area contributed by atoms with Gasteiger partial charge in [-0.15, -0.1) is 0 Å². The summed E-state index contributed by atoms with van der Waals surface area (Å²) >= 11 is -0.556. The van der Waals surface area contributed by atoms with Crippen molar-refractivity contribution < 1.29 is 135 Å². The zero-order valence-corrected chi connectivity index (χ0v) is 27.1. The number of carbonyl (C=O) groups is 2. The van der Waals surface area contributed by atoms with Gasteiger partial charge in [0.1, 0.15) is 0 Å². The van der Waals surface area contributed by atoms with Crippen molar-refractivity contribution in [2.75, 3.05) is 0 Å². The maximum atomic E-state index is 9.48. The molecule has 26 heavy (non-hydrogen) atoms. The summed E-state index contributed by atoms with van der Waals surface area (Å²) in [6.45, 7) is 14.8. The Hall–Kier alpha value is 3.81. The first kappa shape index (κ1) is 63.0. The number of halogens is 2. The molecule has 0 fully saturated rings. The summed E-state index contributed by atoms with van der Waals surface area (Å²) in [7, 11) is 9.78. The van der Waals surface area contributed by atoms with Gasteiger partial charge < -0.3 is 34.9 Å². The molecule has 0 unspecified atom stereocenters. The Balaban J connectivity index is -0.0000000148. The fraction of sp³-hybridized carbons (Fsp3) is 0.714. The minimum absolute atomic E-state index is 0. The third-order valence-electron chi connectivity index (χ3n) is 1.35. The summed E-state index contributed by atoms with van der Waals surface area (Å²) in [6.07, 6.45) is 5.22. The topological polar surface area (TPSA) is 81.7 Å². The molecular weight excluding hydrogens is 586 g/mol. The fourth-order valence-corrected chi connectivity index (χ4v) is 0. The second-order valence-corrected chi connectivity index (χ2v) is 5.91. The Morgan fingerprint density at radius 3 is 0.846 bits per heavy atom. The quantitative estimate of drug-likeness (QED) is 0.265. The molecule has 2 N–H and O–H groups in total. The van der Waals surface area contributed by atoms with E-state index in [0.29, 0.717) is 12.8 Å². The fourth-order valence-electron chi connectivity index (χ4n) is 0. The molecule has 0 saturated carbocycles. The zero-order valence-electron chi connectivity index (χ0n) is 16.2. The van der Waals surface area contributed by atoms with Gasteiger partial charge in [0.05, 0.1) is 0 Å². The van der Waals surface area contributed by atoms with Crippen molar-refractivity contribution in [1.82, 2.24) is 0 Å². The number of hydrogen-bond acceptors (Lipinski definition) is 2. The van der Waals surface area contributed by atoms with Crippen LogP contribution in [0.25, 0.3) is 11.5 Å². The molecule has 0 heterocycles. The number of carbonyl (C=O) groups excluding carboxylic acids is 2. The van der Waals surface area contributed by atoms with E-state index < -0.39 is 28.8 Å². The first-order valence-corrected chi connectivity index (χ1v) is 11.1. The van der Waals surface area contributed by atoms with Crippen LogP contribution in [0, 0.1) is 13.8 Å². The van der Waals surface area contributed by atoms with Crippen LogP contribution >= 0.6 is 18.6 Å². The second-order valence-electron chi connectivity index (χ2n) is 3.33. The summed E-state index contributed by atoms with van der Waals surface area (Å²) in [5.41, 5.74) is 12.4. The number of unbranched alkanes of at least 4 members (excludes halogenated alkanes) is 2. The summed E-state index contributed by atoms with van der Waals surface area (Å²) in [4.78, 5) is 19.0. The number of rotatable bonds is 4. The molecule has 0 aliphatic rings. The van der Waals surface area contributed by atoms with Gasteiger partial charge in [0, 0.05) is 98.7 Å². The van der Waals surface area contributed by atoms with E-state index in [4.69, 9.17) is 30.1 Å². The SMILES string of the molecule is CCC([NH-])=O.CCC([NH-])=O.[CH2-]CCC.[CH2-]CCC.[Cl][Ti][Cl].[Ti+2].[Ti].[Ti].[Ti].[Ti]. The van der Waals surface area contributed by atoms with Gasteiger partial charge in [-0.2, -0.15) is 12.8 Å². The molecule has 4 nitrogen and oxygen atoms in total. The van der Waals surface area contributed by atoms with Crippen LogP contribution in [0.5, 0.6) is 0 Å². The molecule has 2 amide bonds. The summed E-state index contributed by atoms with van der Waals surface area (Å²) in [5, 5.41) is 0. The molecular formula is C14H30Cl2N2O2Ti6-2. The average molecular weight is 617 g/mol. The Bertz CT molecular complexity index is 179. The summed E-state index contributed by atoms with van der Waals surface area (Å²) < 4.78 is 0. The maximum Gasteiger partial charge on any atom is 2.00 e. The van der Waals surface area contributed by atoms with Gasteiger partial charge in [0.15, 0.2) is 0 Å². The van der Waals surface area contributed by atoms with Crippen LogP contribution in [-0.4, -0.2) is 11.8 Å². The molecule has 12 heteroatoms. The van der Waals surface area contributed by atoms with Gasteiger partial charge in [-0.3, -0.25) is 0 Å². The average Bonchev–Trinajstić information content (AvgIpc) is 2.49. The third kappa shape index (κ3) is 208. The van der Waals surface area contributed by atoms with E-state index in [-0.39, 0.29) is 109 Å². The number of amides is 2. The van der Waals surface area contributed by atoms with Crippen molar-refractivity contribution in [2.45, 2.75) is 66.2 Å². The van der Waals surface area contributed by atoms with Crippen molar-refractivity contribution in [1.29, 1.82) is 0 Å². The van der Waals surface area contributed by atoms with Crippen molar-refractivity contribution in [3.05, 3.63) is 25.3 Å². The van der Waals surface area contributed by atoms with Gasteiger partial charge in [-0.25, -0.2) is 0 Å². The molecule has 0 rings (SSSR count). The molecule has 0 bridgehead atoms. The molecule has 0 aromatic heterocycles. The molecule has 0 radical (unpaired) electrons. The molecule has 0 atom stereocenters. The minimum Gasteiger partial charge on any atom is 0 e. The van der Waals surface area contributed by atoms with E-state index in [1.807, 2.05) is 0 Å². The van der Waals surface area contributed by atoms with Crippen LogP contribution in [0.4, 0.5) is 0 Å². The van der Waals surface area contributed by atoms with Crippen LogP contribution in [0.2, 0.25) is 0 Å². The van der Waals surface area contributed by atoms with E-state index in [2.05, 4.69) is 27.7 Å². The maximum absolute atomic E-state index is 9.48. The smallest absolute Gasteiger partial charge is 0 e. The molecule has 0 aromatic carbocycles. The van der Waals surface area contributed by atoms with Crippen LogP contribution in [0.3, 0.4) is 0 Å². The van der Waals surface area contributed by atoms with Crippen molar-refractivity contribution in [3.63, 3.8) is 0 Å². The van der Waals surface area contributed by atoms with Gasteiger partial charge >= 0.3 is 57.4 Å². The van der Waals surface area contributed by atoms with E-state index in [9.17, 15) is 9.59 Å². The van der Waals surface area contributed by atoms with Crippen LogP contribution in [-0.2, 0) is 135 Å². The van der Waals surface area contributed by atoms with Gasteiger partial charge in [0.25, 0.3) is 0 Å². The van der Waals surface area contributed by atoms with Crippen molar-refractivity contribution in [3.8, 4) is 0 Å². The number of nitrogens with one attached hydrogen (secondary N) is 2. The molecule has 0 aromatic rings. The van der Waals surface area contributed by atoms with Gasteiger partial charge in [0.2, 0.25) is 0 Å². The molecule has 0 spiro atoms. The normalized spacial score (nSPS) is 5.69. The largest absolute Gasteiger partial charge is 2.00 e. The predicted octanol–water partition coefficient (Wildman–Crippen LogP) is 6.56. The van der Waals surface area contributed by atoms with Gasteiger partial charge in [-0.05, 0) is 12.8 Å². The van der Waals surface area contributed by atoms with E-state index in [0.717, 1.165) is 12.8 Å². The first-order chi connectivity index (χ1) is 9.78. The van der Waals surface area contributed by atoms with Crippen LogP contribution in [0.15, 0.2) is 0 Å². The second kappa shape index (κ2) is 78.9. The summed E-state index contributed by atoms with van der Waals surface area (Å²) in [5.74, 6) is -0.991. The molecule has 148 valence electrons. The zero-order chi connectivity index (χ0) is 18.1. The van der Waals surface area contributed by atoms with E-state index >= 15 is 0 Å². The summed E-state index contributed by atoms with van der Waals surface area (Å²) in [6, 6.07) is 0. The Morgan fingerprint density at radius 2 is 0.846 bits per heavy atom. The Labute approximate surface area is 253 Å². The predicted molar refractivity (Wildman–Crippen MR) is 91.5 cm³/mol. The Kier molecular flexibility index (Phi) is 191. The monoisotopic (exact) mass is 616 g/mol. The molecule has 0 saturated heterocycles. The standard InChI is InChI=1S/2C4H9.2C3H7NO.2ClH.6Ti/c2*1-3-4-2;2*1-2-3(4)5;;;;;;;;/h2*1,3-4H2,2H3;2*2H2,1H3,(H2,4,5);2*1H;;;;;;/q2*-1;;;;;;;;;2*+2/p-4. The molecule has 0 aliphatic carbocycles. The van der Waals surface area contributed by atoms with E-state index in [1.165, 1.54) is 12.8 Å². The van der Waals surface area contributed by atoms with E-state index in [1.54, 1.807) is 13.8 Å². The van der Waals surface area contributed by atoms with Crippen molar-refractivity contribution in [2.24, 2.45) is 0 Å². The Morgan fingerprint density at radius 1 is 0.769 bits per heavy atom. The van der Waals surface area contributed by atoms with Gasteiger partial charge in [-0.1, -0.05) is 40.5 Å². The van der Waals surface area contributed by atoms with Crippen LogP contribution in [0.1, 0.15) is 66.2 Å². The third-order valence-corrected chi connectivity index (χ3v) is 1.35. The van der Waals surface area contributed by atoms with Crippen molar-refractivity contribution >= 4 is 30.4 Å². The number of hydrogen-bond donors (Lipinski definition) is 0. The van der Waals surface area contributed by atoms with Crippen LogP contribution < -0.4 is 0 Å². The first-order valence-electron chi connectivity index (χ1n) is 6.82. The molecule has 0 aliphatic heterocycles.